The Hall–Kier alpha value is -4.78. The fraction of sp³-hybridized carbons (Fsp3) is 0.310. The van der Waals surface area contributed by atoms with Crippen molar-refractivity contribution in [1.82, 2.24) is 19.9 Å². The Morgan fingerprint density at radius 2 is 1.79 bits per heavy atom. The van der Waals surface area contributed by atoms with Crippen LogP contribution in [0.1, 0.15) is 37.6 Å². The van der Waals surface area contributed by atoms with Crippen LogP contribution >= 0.6 is 0 Å². The average Bonchev–Trinajstić information content (AvgIpc) is 3.55. The summed E-state index contributed by atoms with van der Waals surface area (Å²) in [5.74, 6) is -1.64. The van der Waals surface area contributed by atoms with Gasteiger partial charge in [-0.05, 0) is 68.3 Å². The van der Waals surface area contributed by atoms with Gasteiger partial charge in [0.05, 0.1) is 23.2 Å². The van der Waals surface area contributed by atoms with Gasteiger partial charge in [-0.3, -0.25) is 9.69 Å². The molecule has 4 aromatic rings. The quantitative estimate of drug-likeness (QED) is 0.276. The van der Waals surface area contributed by atoms with Crippen LogP contribution in [-0.4, -0.2) is 62.5 Å². The van der Waals surface area contributed by atoms with Crippen LogP contribution in [0, 0.1) is 17.2 Å². The lowest BCUT2D eigenvalue weighted by Gasteiger charge is -2.27. The maximum atomic E-state index is 12.9. The molecule has 2 heterocycles. The highest BCUT2D eigenvalue weighted by Crippen LogP contribution is 2.27. The van der Waals surface area contributed by atoms with Crippen LogP contribution in [0.3, 0.4) is 0 Å². The number of nitriles is 1. The summed E-state index contributed by atoms with van der Waals surface area (Å²) in [6, 6.07) is 19.8. The number of carbonyl (C=O) groups is 3. The molecule has 10 heteroatoms. The molecule has 0 aliphatic carbocycles. The summed E-state index contributed by atoms with van der Waals surface area (Å²) in [7, 11) is 0. The molecule has 0 N–H and O–H groups in total. The third-order valence-electron chi connectivity index (χ3n) is 6.47. The van der Waals surface area contributed by atoms with E-state index in [1.54, 1.807) is 37.6 Å². The average molecular weight is 526 g/mol. The Balaban J connectivity index is 1.27. The van der Waals surface area contributed by atoms with E-state index in [9.17, 15) is 19.6 Å². The highest BCUT2D eigenvalue weighted by molar-refractivity contribution is 6.01. The van der Waals surface area contributed by atoms with E-state index < -0.39 is 36.2 Å². The van der Waals surface area contributed by atoms with Gasteiger partial charge in [0.25, 0.3) is 0 Å². The fourth-order valence-corrected chi connectivity index (χ4v) is 4.59. The molecule has 1 amide bonds. The Kier molecular flexibility index (Phi) is 6.74. The van der Waals surface area contributed by atoms with Gasteiger partial charge in [0.2, 0.25) is 0 Å². The summed E-state index contributed by atoms with van der Waals surface area (Å²) in [6.45, 7) is 4.74. The number of Topliss-reactive ketones (excluding diaryl/α,β-unsaturated/α-hetero) is 1. The number of rotatable bonds is 5. The lowest BCUT2D eigenvalue weighted by molar-refractivity contribution is -0.147. The molecule has 198 valence electrons. The topological polar surface area (TPSA) is 127 Å². The molecule has 1 aliphatic rings. The van der Waals surface area contributed by atoms with E-state index in [1.807, 2.05) is 48.5 Å². The van der Waals surface area contributed by atoms with Crippen LogP contribution < -0.4 is 0 Å². The minimum absolute atomic E-state index is 0.0657. The van der Waals surface area contributed by atoms with Gasteiger partial charge in [-0.25, -0.2) is 14.3 Å². The van der Waals surface area contributed by atoms with Crippen LogP contribution in [-0.2, 0) is 14.3 Å². The van der Waals surface area contributed by atoms with Crippen molar-refractivity contribution in [2.75, 3.05) is 13.2 Å². The number of para-hydroxylation sites is 1. The van der Waals surface area contributed by atoms with Crippen molar-refractivity contribution in [2.24, 2.45) is 5.92 Å². The number of hydrogen-bond acceptors (Lipinski definition) is 8. The molecule has 39 heavy (non-hydrogen) atoms. The molecule has 0 bridgehead atoms. The minimum atomic E-state index is -0.986. The largest absolute Gasteiger partial charge is 0.456 e. The monoisotopic (exact) mass is 525 g/mol. The summed E-state index contributed by atoms with van der Waals surface area (Å²) in [6.07, 6.45) is -0.566. The smallest absolute Gasteiger partial charge is 0.411 e. The van der Waals surface area contributed by atoms with E-state index in [0.717, 1.165) is 27.5 Å². The Labute approximate surface area is 224 Å². The number of esters is 1. The zero-order chi connectivity index (χ0) is 27.7. The van der Waals surface area contributed by atoms with Crippen LogP contribution in [0.4, 0.5) is 4.79 Å². The second-order valence-corrected chi connectivity index (χ2v) is 10.5. The summed E-state index contributed by atoms with van der Waals surface area (Å²) in [5, 5.41) is 19.5. The van der Waals surface area contributed by atoms with Gasteiger partial charge >= 0.3 is 12.1 Å². The molecular formula is C29H27N5O5. The first-order chi connectivity index (χ1) is 18.6. The molecule has 3 aromatic carbocycles. The number of hydrogen-bond donors (Lipinski definition) is 0. The van der Waals surface area contributed by atoms with Crippen molar-refractivity contribution in [3.63, 3.8) is 0 Å². The third-order valence-corrected chi connectivity index (χ3v) is 6.47. The summed E-state index contributed by atoms with van der Waals surface area (Å²) in [5.41, 5.74) is 2.15. The highest BCUT2D eigenvalue weighted by atomic mass is 16.6. The molecule has 1 aliphatic heterocycles. The Bertz CT molecular complexity index is 1630. The lowest BCUT2D eigenvalue weighted by atomic mass is 10.0. The molecule has 0 unspecified atom stereocenters. The van der Waals surface area contributed by atoms with Gasteiger partial charge in [0.1, 0.15) is 17.2 Å². The number of carbonyl (C=O) groups excluding carboxylic acids is 3. The molecular weight excluding hydrogens is 498 g/mol. The molecule has 1 fully saturated rings. The van der Waals surface area contributed by atoms with E-state index in [-0.39, 0.29) is 18.7 Å². The van der Waals surface area contributed by atoms with E-state index in [0.29, 0.717) is 5.56 Å². The second kappa shape index (κ2) is 10.2. The number of fused-ring (bicyclic) bond motifs is 2. The van der Waals surface area contributed by atoms with E-state index in [2.05, 4.69) is 16.4 Å². The molecule has 0 spiro atoms. The standard InChI is InChI=1S/C29H27N5O5/c1-29(2,3)39-28(37)33-16-18(15-30)12-25(33)27(36)38-17-26(35)21-9-8-20-14-22(11-10-19(20)13-21)34-24-7-5-4-6-23(24)31-32-34/h4-11,13-14,18,25H,12,16-17H2,1-3H3/t18-,25+/m0/s1. The number of likely N-dealkylation sites (tertiary alicyclic amines) is 1. The van der Waals surface area contributed by atoms with Gasteiger partial charge in [-0.1, -0.05) is 35.5 Å². The maximum absolute atomic E-state index is 12.9. The van der Waals surface area contributed by atoms with E-state index in [1.165, 1.54) is 4.90 Å². The predicted molar refractivity (Wildman–Crippen MR) is 142 cm³/mol. The van der Waals surface area contributed by atoms with Crippen molar-refractivity contribution in [3.05, 3.63) is 66.2 Å². The number of ketones is 1. The van der Waals surface area contributed by atoms with Crippen LogP contribution in [0.25, 0.3) is 27.5 Å². The number of aromatic nitrogens is 3. The second-order valence-electron chi connectivity index (χ2n) is 10.5. The van der Waals surface area contributed by atoms with Gasteiger partial charge in [-0.15, -0.1) is 5.10 Å². The Morgan fingerprint density at radius 3 is 2.56 bits per heavy atom. The number of amides is 1. The third kappa shape index (κ3) is 5.43. The molecule has 1 aromatic heterocycles. The maximum Gasteiger partial charge on any atom is 0.411 e. The summed E-state index contributed by atoms with van der Waals surface area (Å²) >= 11 is 0. The van der Waals surface area contributed by atoms with Crippen LogP contribution in [0.15, 0.2) is 60.7 Å². The van der Waals surface area contributed by atoms with Crippen molar-refractivity contribution in [2.45, 2.75) is 38.8 Å². The molecule has 2 atom stereocenters. The predicted octanol–water partition coefficient (Wildman–Crippen LogP) is 4.45. The van der Waals surface area contributed by atoms with Gasteiger partial charge in [0, 0.05) is 12.1 Å². The zero-order valence-corrected chi connectivity index (χ0v) is 21.8. The highest BCUT2D eigenvalue weighted by Gasteiger charge is 2.42. The van der Waals surface area contributed by atoms with E-state index >= 15 is 0 Å². The molecule has 10 nitrogen and oxygen atoms in total. The van der Waals surface area contributed by atoms with Crippen molar-refractivity contribution in [1.29, 1.82) is 5.26 Å². The SMILES string of the molecule is CC(C)(C)OC(=O)N1C[C@H](C#N)C[C@@H]1C(=O)OCC(=O)c1ccc2cc(-n3nnc4ccccc43)ccc2c1. The molecule has 0 saturated carbocycles. The van der Waals surface area contributed by atoms with Gasteiger partial charge in [0.15, 0.2) is 12.4 Å². The van der Waals surface area contributed by atoms with Crippen molar-refractivity contribution >= 4 is 39.7 Å². The number of nitrogens with zero attached hydrogens (tertiary/aromatic N) is 5. The molecule has 5 rings (SSSR count). The van der Waals surface area contributed by atoms with Crippen LogP contribution in [0.5, 0.6) is 0 Å². The zero-order valence-electron chi connectivity index (χ0n) is 21.8. The first-order valence-corrected chi connectivity index (χ1v) is 12.6. The fourth-order valence-electron chi connectivity index (χ4n) is 4.59. The van der Waals surface area contributed by atoms with Gasteiger partial charge < -0.3 is 9.47 Å². The summed E-state index contributed by atoms with van der Waals surface area (Å²) < 4.78 is 12.4. The minimum Gasteiger partial charge on any atom is -0.456 e. The lowest BCUT2D eigenvalue weighted by Crippen LogP contribution is -2.44. The van der Waals surface area contributed by atoms with Crippen molar-refractivity contribution in [3.8, 4) is 11.8 Å². The van der Waals surface area contributed by atoms with Gasteiger partial charge in [-0.2, -0.15) is 5.26 Å². The first kappa shape index (κ1) is 25.9. The molecule has 1 saturated heterocycles. The van der Waals surface area contributed by atoms with Crippen molar-refractivity contribution < 1.29 is 23.9 Å². The Morgan fingerprint density at radius 1 is 1.05 bits per heavy atom. The number of ether oxygens (including phenoxy) is 2. The van der Waals surface area contributed by atoms with E-state index in [4.69, 9.17) is 9.47 Å². The van der Waals surface area contributed by atoms with Crippen LogP contribution in [0.2, 0.25) is 0 Å². The number of benzene rings is 3. The first-order valence-electron chi connectivity index (χ1n) is 12.6. The summed E-state index contributed by atoms with van der Waals surface area (Å²) in [4.78, 5) is 39.5. The normalized spacial score (nSPS) is 17.2. The molecule has 0 radical (unpaired) electrons.